The first-order valence-electron chi connectivity index (χ1n) is 6.90. The van der Waals surface area contributed by atoms with Crippen molar-refractivity contribution in [2.75, 3.05) is 0 Å². The largest absolute Gasteiger partial charge is 0.456 e. The molecule has 3 heterocycles. The highest BCUT2D eigenvalue weighted by atomic mass is 16.5. The van der Waals surface area contributed by atoms with Crippen molar-refractivity contribution in [3.8, 4) is 0 Å². The van der Waals surface area contributed by atoms with Gasteiger partial charge in [-0.1, -0.05) is 6.92 Å². The summed E-state index contributed by atoms with van der Waals surface area (Å²) in [5.41, 5.74) is 0.213. The summed E-state index contributed by atoms with van der Waals surface area (Å²) in [5.74, 6) is -0.102. The Kier molecular flexibility index (Phi) is 3.75. The monoisotopic (exact) mass is 315 g/mol. The summed E-state index contributed by atoms with van der Waals surface area (Å²) >= 11 is 0. The number of aromatic amines is 2. The molecule has 0 unspecified atom stereocenters. The molecule has 0 spiro atoms. The van der Waals surface area contributed by atoms with Crippen LogP contribution in [0.15, 0.2) is 34.0 Å². The van der Waals surface area contributed by atoms with E-state index in [-0.39, 0.29) is 17.7 Å². The van der Waals surface area contributed by atoms with Crippen molar-refractivity contribution in [2.24, 2.45) is 0 Å². The maximum Gasteiger partial charge on any atom is 0.347 e. The summed E-state index contributed by atoms with van der Waals surface area (Å²) in [7, 11) is 0. The molecule has 3 aromatic heterocycles. The molecule has 0 aromatic carbocycles. The average molecular weight is 315 g/mol. The molecule has 0 aliphatic rings. The van der Waals surface area contributed by atoms with Gasteiger partial charge in [0.2, 0.25) is 0 Å². The van der Waals surface area contributed by atoms with E-state index in [0.29, 0.717) is 23.6 Å². The normalized spacial score (nSPS) is 10.8. The first kappa shape index (κ1) is 14.7. The van der Waals surface area contributed by atoms with Crippen LogP contribution in [0.2, 0.25) is 0 Å². The molecule has 118 valence electrons. The molecule has 3 aromatic rings. The Morgan fingerprint density at radius 1 is 1.35 bits per heavy atom. The van der Waals surface area contributed by atoms with E-state index in [1.807, 2.05) is 6.92 Å². The van der Waals surface area contributed by atoms with Crippen LogP contribution in [0.4, 0.5) is 0 Å². The molecule has 0 fully saturated rings. The summed E-state index contributed by atoms with van der Waals surface area (Å²) in [6.07, 6.45) is 1.91. The second-order valence-electron chi connectivity index (χ2n) is 4.79. The van der Waals surface area contributed by atoms with Gasteiger partial charge in [-0.05, 0) is 12.1 Å². The number of aryl methyl sites for hydroxylation is 1. The number of hydrogen-bond donors (Lipinski definition) is 2. The molecule has 9 nitrogen and oxygen atoms in total. The zero-order valence-electron chi connectivity index (χ0n) is 12.2. The van der Waals surface area contributed by atoms with Crippen LogP contribution in [0.5, 0.6) is 0 Å². The number of rotatable bonds is 4. The minimum absolute atomic E-state index is 0.131. The fraction of sp³-hybridized carbons (Fsp3) is 0.214. The Balaban J connectivity index is 1.78. The maximum atomic E-state index is 12.1. The number of H-pyrrole nitrogens is 2. The molecule has 0 radical (unpaired) electrons. The second-order valence-corrected chi connectivity index (χ2v) is 4.79. The number of fused-ring (bicyclic) bond motifs is 1. The van der Waals surface area contributed by atoms with E-state index < -0.39 is 11.7 Å². The van der Waals surface area contributed by atoms with Gasteiger partial charge in [0.25, 0.3) is 5.56 Å². The minimum Gasteiger partial charge on any atom is -0.456 e. The lowest BCUT2D eigenvalue weighted by Crippen LogP contribution is -2.15. The summed E-state index contributed by atoms with van der Waals surface area (Å²) in [5, 5.41) is 6.04. The molecule has 2 N–H and O–H groups in total. The summed E-state index contributed by atoms with van der Waals surface area (Å²) in [6, 6.07) is 4.30. The highest BCUT2D eigenvalue weighted by Crippen LogP contribution is 2.05. The molecule has 0 bridgehead atoms. The van der Waals surface area contributed by atoms with Gasteiger partial charge in [0.05, 0.1) is 11.3 Å². The molecule has 0 saturated carbocycles. The zero-order valence-corrected chi connectivity index (χ0v) is 12.2. The number of hydrogen-bond acceptors (Lipinski definition) is 6. The smallest absolute Gasteiger partial charge is 0.347 e. The van der Waals surface area contributed by atoms with Crippen LogP contribution in [-0.4, -0.2) is 30.5 Å². The maximum absolute atomic E-state index is 12.1. The Labute approximate surface area is 129 Å². The van der Waals surface area contributed by atoms with Crippen molar-refractivity contribution in [3.63, 3.8) is 0 Å². The second kappa shape index (κ2) is 5.87. The van der Waals surface area contributed by atoms with Gasteiger partial charge in [-0.15, -0.1) is 0 Å². The minimum atomic E-state index is -0.625. The predicted molar refractivity (Wildman–Crippen MR) is 79.2 cm³/mol. The first-order valence-corrected chi connectivity index (χ1v) is 6.90. The van der Waals surface area contributed by atoms with Gasteiger partial charge < -0.3 is 9.72 Å². The van der Waals surface area contributed by atoms with Crippen LogP contribution >= 0.6 is 0 Å². The van der Waals surface area contributed by atoms with Crippen LogP contribution in [0.3, 0.4) is 0 Å². The van der Waals surface area contributed by atoms with Crippen molar-refractivity contribution in [1.82, 2.24) is 24.6 Å². The Morgan fingerprint density at radius 3 is 2.96 bits per heavy atom. The van der Waals surface area contributed by atoms with E-state index in [1.165, 1.54) is 28.8 Å². The van der Waals surface area contributed by atoms with Crippen molar-refractivity contribution < 1.29 is 9.53 Å². The van der Waals surface area contributed by atoms with Gasteiger partial charge in [0.1, 0.15) is 12.4 Å². The fourth-order valence-electron chi connectivity index (χ4n) is 2.05. The van der Waals surface area contributed by atoms with Gasteiger partial charge in [0, 0.05) is 18.7 Å². The molecular weight excluding hydrogens is 302 g/mol. The quantitative estimate of drug-likeness (QED) is 0.655. The lowest BCUT2D eigenvalue weighted by molar-refractivity contribution is 0.0466. The molecule has 0 aliphatic carbocycles. The molecule has 0 aliphatic heterocycles. The van der Waals surface area contributed by atoms with E-state index in [1.54, 1.807) is 0 Å². The number of nitrogens with one attached hydrogen (secondary N) is 2. The Bertz CT molecular complexity index is 984. The van der Waals surface area contributed by atoms with Crippen molar-refractivity contribution >= 4 is 11.6 Å². The van der Waals surface area contributed by atoms with Gasteiger partial charge >= 0.3 is 11.7 Å². The third kappa shape index (κ3) is 3.03. The summed E-state index contributed by atoms with van der Waals surface area (Å²) in [4.78, 5) is 41.7. The highest BCUT2D eigenvalue weighted by molar-refractivity contribution is 5.89. The summed E-state index contributed by atoms with van der Waals surface area (Å²) < 4.78 is 6.34. The highest BCUT2D eigenvalue weighted by Gasteiger charge is 2.11. The lowest BCUT2D eigenvalue weighted by atomic mass is 10.3. The third-order valence-electron chi connectivity index (χ3n) is 3.18. The lowest BCUT2D eigenvalue weighted by Gasteiger charge is -2.05. The van der Waals surface area contributed by atoms with Crippen LogP contribution in [-0.2, 0) is 17.8 Å². The topological polar surface area (TPSA) is 122 Å². The van der Waals surface area contributed by atoms with E-state index in [0.717, 1.165) is 0 Å². The summed E-state index contributed by atoms with van der Waals surface area (Å²) in [6.45, 7) is 1.72. The SMILES string of the molecule is CCc1nc(COC(=O)c2ccc3n[nH]c(=O)n3c2)cc(=O)[nH]1. The van der Waals surface area contributed by atoms with Crippen molar-refractivity contribution in [1.29, 1.82) is 0 Å². The van der Waals surface area contributed by atoms with Crippen molar-refractivity contribution in [2.45, 2.75) is 20.0 Å². The number of aromatic nitrogens is 5. The molecule has 0 saturated heterocycles. The molecule has 0 amide bonds. The predicted octanol–water partition coefficient (Wildman–Crippen LogP) is 0.0253. The Hall–Kier alpha value is -3.23. The Morgan fingerprint density at radius 2 is 2.17 bits per heavy atom. The molecular formula is C14H13N5O4. The van der Waals surface area contributed by atoms with E-state index >= 15 is 0 Å². The fourth-order valence-corrected chi connectivity index (χ4v) is 2.05. The number of pyridine rings is 1. The molecule has 0 atom stereocenters. The van der Waals surface area contributed by atoms with Gasteiger partial charge in [0.15, 0.2) is 5.65 Å². The van der Waals surface area contributed by atoms with Gasteiger partial charge in [-0.2, -0.15) is 5.10 Å². The zero-order chi connectivity index (χ0) is 16.4. The standard InChI is InChI=1S/C14H13N5O4/c1-2-10-15-9(5-12(20)16-10)7-23-13(21)8-3-4-11-17-18-14(22)19(11)6-8/h3-6H,2,7H2,1H3,(H,18,22)(H,15,16,20). The average Bonchev–Trinajstić information content (AvgIpc) is 2.92. The van der Waals surface area contributed by atoms with Crippen molar-refractivity contribution in [3.05, 3.63) is 62.3 Å². The number of ether oxygens (including phenoxy) is 1. The van der Waals surface area contributed by atoms with Crippen LogP contribution in [0, 0.1) is 0 Å². The van der Waals surface area contributed by atoms with E-state index in [4.69, 9.17) is 4.74 Å². The number of carbonyl (C=O) groups excluding carboxylic acids is 1. The third-order valence-corrected chi connectivity index (χ3v) is 3.18. The number of nitrogens with zero attached hydrogens (tertiary/aromatic N) is 3. The first-order chi connectivity index (χ1) is 11.1. The molecule has 3 rings (SSSR count). The van der Waals surface area contributed by atoms with Gasteiger partial charge in [-0.3, -0.25) is 4.79 Å². The number of esters is 1. The van der Waals surface area contributed by atoms with Gasteiger partial charge in [-0.25, -0.2) is 24.1 Å². The van der Waals surface area contributed by atoms with Crippen LogP contribution < -0.4 is 11.2 Å². The number of carbonyl (C=O) groups is 1. The van der Waals surface area contributed by atoms with Crippen LogP contribution in [0.1, 0.15) is 28.8 Å². The molecule has 23 heavy (non-hydrogen) atoms. The van der Waals surface area contributed by atoms with E-state index in [2.05, 4.69) is 20.2 Å². The van der Waals surface area contributed by atoms with Crippen LogP contribution in [0.25, 0.3) is 5.65 Å². The van der Waals surface area contributed by atoms with E-state index in [9.17, 15) is 14.4 Å². The molecule has 9 heteroatoms.